The van der Waals surface area contributed by atoms with E-state index < -0.39 is 11.7 Å². The van der Waals surface area contributed by atoms with E-state index in [0.29, 0.717) is 11.5 Å². The van der Waals surface area contributed by atoms with Crippen molar-refractivity contribution in [2.75, 3.05) is 7.05 Å². The van der Waals surface area contributed by atoms with Crippen LogP contribution in [0.1, 0.15) is 37.9 Å². The van der Waals surface area contributed by atoms with Crippen LogP contribution in [0.5, 0.6) is 0 Å². The minimum absolute atomic E-state index is 0.124. The normalized spacial score (nSPS) is 15.8. The first-order valence-electron chi connectivity index (χ1n) is 6.12. The fourth-order valence-electron chi connectivity index (χ4n) is 2.11. The molecule has 0 aliphatic rings. The highest BCUT2D eigenvalue weighted by atomic mass is 19.4. The molecule has 0 aliphatic heterocycles. The molecule has 0 spiro atoms. The van der Waals surface area contributed by atoms with Gasteiger partial charge in [0, 0.05) is 6.04 Å². The van der Waals surface area contributed by atoms with Crippen LogP contribution in [0.2, 0.25) is 0 Å². The molecule has 0 amide bonds. The maximum absolute atomic E-state index is 13.0. The van der Waals surface area contributed by atoms with Gasteiger partial charge in [-0.2, -0.15) is 13.2 Å². The number of hydrogen-bond acceptors (Lipinski definition) is 1. The third kappa shape index (κ3) is 3.25. The molecule has 18 heavy (non-hydrogen) atoms. The average molecular weight is 259 g/mol. The summed E-state index contributed by atoms with van der Waals surface area (Å²) < 4.78 is 38.9. The van der Waals surface area contributed by atoms with E-state index >= 15 is 0 Å². The zero-order valence-corrected chi connectivity index (χ0v) is 11.2. The van der Waals surface area contributed by atoms with Gasteiger partial charge in [0.05, 0.1) is 5.56 Å². The first-order valence-corrected chi connectivity index (χ1v) is 6.12. The number of hydrogen-bond donors (Lipinski definition) is 1. The second-order valence-corrected chi connectivity index (χ2v) is 4.95. The van der Waals surface area contributed by atoms with Crippen molar-refractivity contribution in [2.45, 2.75) is 33.0 Å². The smallest absolute Gasteiger partial charge is 0.313 e. The molecule has 0 fully saturated rings. The average Bonchev–Trinajstić information content (AvgIpc) is 2.29. The van der Waals surface area contributed by atoms with Gasteiger partial charge >= 0.3 is 6.18 Å². The highest BCUT2D eigenvalue weighted by Crippen LogP contribution is 2.37. The van der Waals surface area contributed by atoms with Crippen molar-refractivity contribution >= 4 is 0 Å². The molecular weight excluding hydrogens is 239 g/mol. The molecule has 0 aliphatic carbocycles. The Morgan fingerprint density at radius 3 is 2.06 bits per heavy atom. The van der Waals surface area contributed by atoms with Gasteiger partial charge in [-0.3, -0.25) is 0 Å². The van der Waals surface area contributed by atoms with E-state index in [0.717, 1.165) is 6.07 Å². The Hall–Kier alpha value is -1.03. The zero-order chi connectivity index (χ0) is 13.9. The second-order valence-electron chi connectivity index (χ2n) is 4.95. The van der Waals surface area contributed by atoms with Gasteiger partial charge in [-0.05, 0) is 30.5 Å². The minimum Gasteiger partial charge on any atom is -0.313 e. The zero-order valence-electron chi connectivity index (χ0n) is 11.2. The molecular formula is C14H20F3N. The van der Waals surface area contributed by atoms with E-state index in [2.05, 4.69) is 5.32 Å². The first kappa shape index (κ1) is 15.0. The Bertz CT molecular complexity index is 385. The molecule has 102 valence electrons. The summed E-state index contributed by atoms with van der Waals surface area (Å²) in [6.45, 7) is 6.01. The van der Waals surface area contributed by atoms with E-state index in [1.165, 1.54) is 6.07 Å². The van der Waals surface area contributed by atoms with Crippen LogP contribution in [0.3, 0.4) is 0 Å². The Kier molecular flexibility index (Phi) is 4.79. The molecule has 1 aromatic carbocycles. The molecule has 0 saturated carbocycles. The van der Waals surface area contributed by atoms with Gasteiger partial charge in [0.1, 0.15) is 0 Å². The Morgan fingerprint density at radius 2 is 1.61 bits per heavy atom. The number of rotatable bonds is 4. The van der Waals surface area contributed by atoms with Gasteiger partial charge in [-0.15, -0.1) is 0 Å². The molecule has 1 rings (SSSR count). The molecule has 4 heteroatoms. The lowest BCUT2D eigenvalue weighted by atomic mass is 9.84. The van der Waals surface area contributed by atoms with Crippen LogP contribution in [0, 0.1) is 11.8 Å². The van der Waals surface area contributed by atoms with Gasteiger partial charge in [0.15, 0.2) is 0 Å². The van der Waals surface area contributed by atoms with Crippen LogP contribution in [-0.2, 0) is 6.18 Å². The van der Waals surface area contributed by atoms with E-state index in [9.17, 15) is 13.2 Å². The van der Waals surface area contributed by atoms with Crippen LogP contribution in [0.25, 0.3) is 0 Å². The summed E-state index contributed by atoms with van der Waals surface area (Å²) in [5.41, 5.74) is -0.217. The lowest BCUT2D eigenvalue weighted by molar-refractivity contribution is -0.138. The van der Waals surface area contributed by atoms with Crippen LogP contribution in [-0.4, -0.2) is 7.05 Å². The van der Waals surface area contributed by atoms with Crippen molar-refractivity contribution in [2.24, 2.45) is 11.8 Å². The van der Waals surface area contributed by atoms with Crippen molar-refractivity contribution in [3.8, 4) is 0 Å². The summed E-state index contributed by atoms with van der Waals surface area (Å²) in [4.78, 5) is 0. The maximum atomic E-state index is 13.0. The van der Waals surface area contributed by atoms with Gasteiger partial charge < -0.3 is 5.32 Å². The Balaban J connectivity index is 3.22. The number of benzene rings is 1. The third-order valence-corrected chi connectivity index (χ3v) is 3.49. The molecule has 2 unspecified atom stereocenters. The van der Waals surface area contributed by atoms with Crippen molar-refractivity contribution in [1.29, 1.82) is 0 Å². The Morgan fingerprint density at radius 1 is 1.06 bits per heavy atom. The van der Waals surface area contributed by atoms with Gasteiger partial charge in [0.2, 0.25) is 0 Å². The van der Waals surface area contributed by atoms with Gasteiger partial charge in [-0.25, -0.2) is 0 Å². The van der Waals surface area contributed by atoms with Crippen molar-refractivity contribution in [3.05, 3.63) is 35.4 Å². The molecule has 0 aromatic heterocycles. The van der Waals surface area contributed by atoms with Crippen LogP contribution in [0.4, 0.5) is 13.2 Å². The molecule has 1 N–H and O–H groups in total. The number of halogens is 3. The van der Waals surface area contributed by atoms with E-state index in [4.69, 9.17) is 0 Å². The molecule has 0 saturated heterocycles. The van der Waals surface area contributed by atoms with E-state index in [1.54, 1.807) is 19.2 Å². The third-order valence-electron chi connectivity index (χ3n) is 3.49. The maximum Gasteiger partial charge on any atom is 0.416 e. The largest absolute Gasteiger partial charge is 0.416 e. The monoisotopic (exact) mass is 259 g/mol. The molecule has 0 heterocycles. The summed E-state index contributed by atoms with van der Waals surface area (Å²) in [6.07, 6.45) is -4.30. The summed E-state index contributed by atoms with van der Waals surface area (Å²) in [5, 5.41) is 3.01. The lowest BCUT2D eigenvalue weighted by Crippen LogP contribution is -2.29. The SMILES string of the molecule is CNC(c1ccccc1C(F)(F)F)C(C)C(C)C. The molecule has 1 nitrogen and oxygen atoms in total. The fourth-order valence-corrected chi connectivity index (χ4v) is 2.11. The summed E-state index contributed by atoms with van der Waals surface area (Å²) in [5.74, 6) is 0.433. The van der Waals surface area contributed by atoms with Crippen LogP contribution < -0.4 is 5.32 Å². The minimum atomic E-state index is -4.30. The second kappa shape index (κ2) is 5.74. The number of nitrogens with one attached hydrogen (secondary N) is 1. The van der Waals surface area contributed by atoms with E-state index in [1.807, 2.05) is 20.8 Å². The van der Waals surface area contributed by atoms with Gasteiger partial charge in [-0.1, -0.05) is 39.0 Å². The molecule has 0 radical (unpaired) electrons. The molecule has 0 bridgehead atoms. The first-order chi connectivity index (χ1) is 8.29. The van der Waals surface area contributed by atoms with Crippen molar-refractivity contribution in [1.82, 2.24) is 5.32 Å². The fraction of sp³-hybridized carbons (Fsp3) is 0.571. The quantitative estimate of drug-likeness (QED) is 0.852. The standard InChI is InChI=1S/C14H20F3N/c1-9(2)10(3)13(18-4)11-7-5-6-8-12(11)14(15,16)17/h5-10,13,18H,1-4H3. The highest BCUT2D eigenvalue weighted by molar-refractivity contribution is 5.32. The predicted molar refractivity (Wildman–Crippen MR) is 67.2 cm³/mol. The predicted octanol–water partition coefficient (Wildman–Crippen LogP) is 4.26. The molecule has 1 aromatic rings. The summed E-state index contributed by atoms with van der Waals surface area (Å²) in [6, 6.07) is 5.50. The molecule has 2 atom stereocenters. The number of alkyl halides is 3. The highest BCUT2D eigenvalue weighted by Gasteiger charge is 2.36. The van der Waals surface area contributed by atoms with Crippen molar-refractivity contribution in [3.63, 3.8) is 0 Å². The van der Waals surface area contributed by atoms with E-state index in [-0.39, 0.29) is 12.0 Å². The topological polar surface area (TPSA) is 12.0 Å². The van der Waals surface area contributed by atoms with Crippen molar-refractivity contribution < 1.29 is 13.2 Å². The van der Waals surface area contributed by atoms with Crippen LogP contribution in [0.15, 0.2) is 24.3 Å². The summed E-state index contributed by atoms with van der Waals surface area (Å²) in [7, 11) is 1.71. The summed E-state index contributed by atoms with van der Waals surface area (Å²) >= 11 is 0. The Labute approximate surface area is 106 Å². The van der Waals surface area contributed by atoms with Gasteiger partial charge in [0.25, 0.3) is 0 Å². The lowest BCUT2D eigenvalue weighted by Gasteiger charge is -2.29. The van der Waals surface area contributed by atoms with Crippen LogP contribution >= 0.6 is 0 Å².